The van der Waals surface area contributed by atoms with Crippen molar-refractivity contribution in [3.63, 3.8) is 0 Å². The number of amides is 1. The minimum absolute atomic E-state index is 0.136. The fourth-order valence-corrected chi connectivity index (χ4v) is 6.87. The highest BCUT2D eigenvalue weighted by Crippen LogP contribution is 2.51. The first-order valence-corrected chi connectivity index (χ1v) is 14.3. The molecule has 3 atom stereocenters. The summed E-state index contributed by atoms with van der Waals surface area (Å²) >= 11 is 0. The Bertz CT molecular complexity index is 1540. The number of alkyl halides is 3. The Hall–Kier alpha value is -4.14. The van der Waals surface area contributed by atoms with Crippen molar-refractivity contribution in [2.24, 2.45) is 16.4 Å². The number of nitrogens with zero attached hydrogens (tertiary/aromatic N) is 3. The highest BCUT2D eigenvalue weighted by Gasteiger charge is 2.60. The molecule has 0 saturated carbocycles. The number of rotatable bonds is 5. The first kappa shape index (κ1) is 28.0. The number of carbonyl (C=O) groups is 2. The summed E-state index contributed by atoms with van der Waals surface area (Å²) in [6.45, 7) is 4.42. The number of hydrazone groups is 1. The van der Waals surface area contributed by atoms with Gasteiger partial charge >= 0.3 is 12.1 Å². The van der Waals surface area contributed by atoms with Crippen molar-refractivity contribution in [3.05, 3.63) is 95.1 Å². The summed E-state index contributed by atoms with van der Waals surface area (Å²) in [6.07, 6.45) is -1.91. The zero-order valence-electron chi connectivity index (χ0n) is 23.5. The van der Waals surface area contributed by atoms with Crippen molar-refractivity contribution in [1.29, 1.82) is 0 Å². The normalized spacial score (nSPS) is 23.5. The summed E-state index contributed by atoms with van der Waals surface area (Å²) < 4.78 is 46.3. The molecule has 9 heteroatoms. The number of anilines is 2. The maximum absolute atomic E-state index is 14.5. The molecule has 1 amide bonds. The molecule has 3 aliphatic heterocycles. The molecular weight excluding hydrogens is 543 g/mol. The summed E-state index contributed by atoms with van der Waals surface area (Å²) in [5.74, 6) is -0.415. The van der Waals surface area contributed by atoms with Crippen LogP contribution in [0.2, 0.25) is 0 Å². The predicted octanol–water partition coefficient (Wildman–Crippen LogP) is 6.68. The predicted molar refractivity (Wildman–Crippen MR) is 155 cm³/mol. The molecule has 6 nitrogen and oxygen atoms in total. The molecule has 0 aromatic heterocycles. The van der Waals surface area contributed by atoms with Crippen LogP contribution in [0.25, 0.3) is 0 Å². The molecule has 218 valence electrons. The lowest BCUT2D eigenvalue weighted by Crippen LogP contribution is -2.62. The van der Waals surface area contributed by atoms with Gasteiger partial charge < -0.3 is 9.64 Å². The van der Waals surface area contributed by atoms with E-state index in [2.05, 4.69) is 17.0 Å². The van der Waals surface area contributed by atoms with Crippen LogP contribution < -0.4 is 9.91 Å². The lowest BCUT2D eigenvalue weighted by Gasteiger charge is -2.52. The fraction of sp³-hybridized carbons (Fsp3) is 0.364. The van der Waals surface area contributed by atoms with Crippen LogP contribution >= 0.6 is 0 Å². The SMILES string of the molecule is CCOC(=O)c1ccc(N2N=C(C)C3(Cc4cc(C(F)(F)F)ccc4N4CCC(Cc5ccccc5)CC43)C2=O)cc1. The molecule has 0 N–H and O–H groups in total. The molecule has 3 aliphatic rings. The number of ether oxygens (including phenoxy) is 1. The zero-order valence-corrected chi connectivity index (χ0v) is 23.5. The van der Waals surface area contributed by atoms with Gasteiger partial charge in [-0.05, 0) is 99.0 Å². The van der Waals surface area contributed by atoms with E-state index in [9.17, 15) is 22.8 Å². The first-order chi connectivity index (χ1) is 20.1. The van der Waals surface area contributed by atoms with Gasteiger partial charge in [-0.2, -0.15) is 23.3 Å². The van der Waals surface area contributed by atoms with Gasteiger partial charge in [0.15, 0.2) is 0 Å². The monoisotopic (exact) mass is 575 g/mol. The van der Waals surface area contributed by atoms with Crippen LogP contribution in [0.15, 0.2) is 77.9 Å². The molecule has 6 rings (SSSR count). The van der Waals surface area contributed by atoms with Gasteiger partial charge in [0.05, 0.1) is 29.1 Å². The van der Waals surface area contributed by atoms with E-state index < -0.39 is 23.1 Å². The third-order valence-corrected chi connectivity index (χ3v) is 8.93. The number of benzene rings is 3. The molecule has 1 saturated heterocycles. The van der Waals surface area contributed by atoms with Crippen molar-refractivity contribution in [3.8, 4) is 0 Å². The molecular formula is C33H32F3N3O3. The van der Waals surface area contributed by atoms with Gasteiger partial charge in [0.25, 0.3) is 5.91 Å². The van der Waals surface area contributed by atoms with Gasteiger partial charge in [0, 0.05) is 18.3 Å². The van der Waals surface area contributed by atoms with Crippen LogP contribution in [0.5, 0.6) is 0 Å². The number of hydrogen-bond donors (Lipinski definition) is 0. The summed E-state index contributed by atoms with van der Waals surface area (Å²) in [5.41, 5.74) is 2.08. The van der Waals surface area contributed by atoms with Gasteiger partial charge in [-0.3, -0.25) is 4.79 Å². The number of piperidine rings is 1. The Balaban J connectivity index is 1.38. The molecule has 42 heavy (non-hydrogen) atoms. The Morgan fingerprint density at radius 3 is 2.50 bits per heavy atom. The van der Waals surface area contributed by atoms with Crippen molar-refractivity contribution in [2.75, 3.05) is 23.1 Å². The molecule has 0 radical (unpaired) electrons. The van der Waals surface area contributed by atoms with Gasteiger partial charge in [-0.25, -0.2) is 4.79 Å². The second-order valence-electron chi connectivity index (χ2n) is 11.3. The Labute approximate surface area is 242 Å². The van der Waals surface area contributed by atoms with Crippen LogP contribution in [0, 0.1) is 11.3 Å². The summed E-state index contributed by atoms with van der Waals surface area (Å²) in [6, 6.07) is 20.3. The average molecular weight is 576 g/mol. The summed E-state index contributed by atoms with van der Waals surface area (Å²) in [5, 5.41) is 6.06. The van der Waals surface area contributed by atoms with E-state index >= 15 is 0 Å². The lowest BCUT2D eigenvalue weighted by molar-refractivity contribution is -0.137. The summed E-state index contributed by atoms with van der Waals surface area (Å²) in [4.78, 5) is 28.8. The molecule has 0 bridgehead atoms. The average Bonchev–Trinajstić information content (AvgIpc) is 3.22. The number of hydrogen-bond acceptors (Lipinski definition) is 5. The maximum atomic E-state index is 14.5. The van der Waals surface area contributed by atoms with Crippen molar-refractivity contribution < 1.29 is 27.5 Å². The third-order valence-electron chi connectivity index (χ3n) is 8.93. The van der Waals surface area contributed by atoms with Crippen LogP contribution in [-0.4, -0.2) is 36.8 Å². The van der Waals surface area contributed by atoms with Crippen molar-refractivity contribution in [2.45, 2.75) is 51.7 Å². The van der Waals surface area contributed by atoms with Gasteiger partial charge in [0.2, 0.25) is 0 Å². The van der Waals surface area contributed by atoms with Gasteiger partial charge in [-0.15, -0.1) is 0 Å². The molecule has 1 fully saturated rings. The minimum Gasteiger partial charge on any atom is -0.462 e. The van der Waals surface area contributed by atoms with E-state index in [0.29, 0.717) is 41.4 Å². The lowest BCUT2D eigenvalue weighted by atomic mass is 9.63. The van der Waals surface area contributed by atoms with Crippen LogP contribution in [0.4, 0.5) is 24.5 Å². The largest absolute Gasteiger partial charge is 0.462 e. The van der Waals surface area contributed by atoms with E-state index in [4.69, 9.17) is 9.84 Å². The Morgan fingerprint density at radius 2 is 1.81 bits per heavy atom. The smallest absolute Gasteiger partial charge is 0.416 e. The quantitative estimate of drug-likeness (QED) is 0.319. The van der Waals surface area contributed by atoms with Crippen molar-refractivity contribution >= 4 is 29.0 Å². The van der Waals surface area contributed by atoms with Crippen LogP contribution in [0.3, 0.4) is 0 Å². The van der Waals surface area contributed by atoms with E-state index in [-0.39, 0.29) is 25.0 Å². The van der Waals surface area contributed by atoms with Crippen LogP contribution in [0.1, 0.15) is 53.7 Å². The van der Waals surface area contributed by atoms with E-state index in [1.165, 1.54) is 16.6 Å². The number of carbonyl (C=O) groups excluding carboxylic acids is 2. The summed E-state index contributed by atoms with van der Waals surface area (Å²) in [7, 11) is 0. The van der Waals surface area contributed by atoms with Gasteiger partial charge in [-0.1, -0.05) is 30.3 Å². The Kier molecular flexibility index (Phi) is 7.07. The highest BCUT2D eigenvalue weighted by atomic mass is 19.4. The van der Waals surface area contributed by atoms with Gasteiger partial charge in [0.1, 0.15) is 5.41 Å². The second kappa shape index (κ2) is 10.6. The highest BCUT2D eigenvalue weighted by molar-refractivity contribution is 6.20. The molecule has 3 aromatic carbocycles. The third kappa shape index (κ3) is 4.74. The molecule has 3 unspecified atom stereocenters. The minimum atomic E-state index is -4.49. The number of halogens is 3. The van der Waals surface area contributed by atoms with Crippen LogP contribution in [-0.2, 0) is 28.5 Å². The zero-order chi connectivity index (χ0) is 29.6. The second-order valence-corrected chi connectivity index (χ2v) is 11.3. The number of fused-ring (bicyclic) bond motifs is 4. The fourth-order valence-electron chi connectivity index (χ4n) is 6.87. The van der Waals surface area contributed by atoms with E-state index in [1.54, 1.807) is 37.3 Å². The Morgan fingerprint density at radius 1 is 1.07 bits per heavy atom. The molecule has 3 aromatic rings. The maximum Gasteiger partial charge on any atom is 0.416 e. The molecule has 3 heterocycles. The van der Waals surface area contributed by atoms with E-state index in [1.807, 2.05) is 25.1 Å². The first-order valence-electron chi connectivity index (χ1n) is 14.3. The van der Waals surface area contributed by atoms with Crippen molar-refractivity contribution in [1.82, 2.24) is 0 Å². The standard InChI is InChI=1S/C33H32F3N3O3/c1-3-42-30(40)24-9-12-27(13-10-24)39-31(41)32(21(2)37-39)20-25-19-26(33(34,35)36)11-14-28(25)38-16-15-23(18-29(32)38)17-22-7-5-4-6-8-22/h4-14,19,23,29H,3,15-18,20H2,1-2H3. The topological polar surface area (TPSA) is 62.2 Å². The molecule has 1 spiro atoms. The molecule has 0 aliphatic carbocycles. The number of esters is 1. The van der Waals surface area contributed by atoms with E-state index in [0.717, 1.165) is 24.6 Å².